The van der Waals surface area contributed by atoms with E-state index in [2.05, 4.69) is 4.98 Å². The van der Waals surface area contributed by atoms with Gasteiger partial charge in [0.15, 0.2) is 5.52 Å². The van der Waals surface area contributed by atoms with Crippen molar-refractivity contribution in [3.8, 4) is 0 Å². The van der Waals surface area contributed by atoms with Gasteiger partial charge in [-0.2, -0.15) is 0 Å². The zero-order chi connectivity index (χ0) is 13.4. The van der Waals surface area contributed by atoms with Gasteiger partial charge in [0.05, 0.1) is 12.7 Å². The van der Waals surface area contributed by atoms with Crippen molar-refractivity contribution in [1.82, 2.24) is 18.7 Å². The molecule has 0 saturated carbocycles. The van der Waals surface area contributed by atoms with Crippen LogP contribution in [0.3, 0.4) is 0 Å². The van der Waals surface area contributed by atoms with Crippen molar-refractivity contribution >= 4 is 17.1 Å². The molecule has 0 aliphatic carbocycles. The summed E-state index contributed by atoms with van der Waals surface area (Å²) in [5.74, 6) is -0.953. The summed E-state index contributed by atoms with van der Waals surface area (Å²) in [5.41, 5.74) is -0.457. The predicted octanol–water partition coefficient (Wildman–Crippen LogP) is -1.09. The van der Waals surface area contributed by atoms with Crippen LogP contribution in [0.5, 0.6) is 0 Å². The van der Waals surface area contributed by atoms with E-state index in [1.807, 2.05) is 0 Å². The number of aryl methyl sites for hydroxylation is 2. The number of fused-ring (bicyclic) bond motifs is 1. The van der Waals surface area contributed by atoms with Crippen LogP contribution in [0.4, 0.5) is 0 Å². The average Bonchev–Trinajstić information content (AvgIpc) is 2.75. The number of aliphatic carboxylic acids is 1. The van der Waals surface area contributed by atoms with Crippen molar-refractivity contribution in [2.24, 2.45) is 14.1 Å². The highest BCUT2D eigenvalue weighted by Gasteiger charge is 2.14. The van der Waals surface area contributed by atoms with Crippen molar-refractivity contribution in [1.29, 1.82) is 0 Å². The van der Waals surface area contributed by atoms with Crippen LogP contribution in [0.25, 0.3) is 11.2 Å². The topological polar surface area (TPSA) is 99.1 Å². The Morgan fingerprint density at radius 3 is 2.61 bits per heavy atom. The van der Waals surface area contributed by atoms with E-state index in [9.17, 15) is 14.4 Å². The number of carboxylic acids is 1. The molecule has 2 rings (SSSR count). The molecule has 0 radical (unpaired) electrons. The number of aromatic nitrogens is 4. The van der Waals surface area contributed by atoms with E-state index in [-0.39, 0.29) is 18.5 Å². The minimum absolute atomic E-state index is 0.102. The summed E-state index contributed by atoms with van der Waals surface area (Å²) < 4.78 is 3.74. The first-order chi connectivity index (χ1) is 8.43. The molecule has 0 fully saturated rings. The number of rotatable bonds is 3. The van der Waals surface area contributed by atoms with E-state index in [0.717, 1.165) is 4.57 Å². The summed E-state index contributed by atoms with van der Waals surface area (Å²) in [5, 5.41) is 8.64. The molecule has 0 aromatic carbocycles. The van der Waals surface area contributed by atoms with E-state index in [0.29, 0.717) is 5.65 Å². The van der Waals surface area contributed by atoms with Crippen LogP contribution >= 0.6 is 0 Å². The van der Waals surface area contributed by atoms with Crippen molar-refractivity contribution < 1.29 is 9.90 Å². The van der Waals surface area contributed by atoms with Gasteiger partial charge in [-0.1, -0.05) is 0 Å². The minimum atomic E-state index is -0.953. The quantitative estimate of drug-likeness (QED) is 0.748. The van der Waals surface area contributed by atoms with E-state index in [1.54, 1.807) is 0 Å². The van der Waals surface area contributed by atoms with Gasteiger partial charge in [0.25, 0.3) is 5.56 Å². The minimum Gasteiger partial charge on any atom is -0.481 e. The molecular weight excluding hydrogens is 240 g/mol. The lowest BCUT2D eigenvalue weighted by molar-refractivity contribution is -0.137. The van der Waals surface area contributed by atoms with Gasteiger partial charge in [-0.15, -0.1) is 0 Å². The summed E-state index contributed by atoms with van der Waals surface area (Å²) >= 11 is 0. The second kappa shape index (κ2) is 4.13. The Morgan fingerprint density at radius 1 is 1.33 bits per heavy atom. The third-order valence-electron chi connectivity index (χ3n) is 2.78. The maximum Gasteiger partial charge on any atom is 0.332 e. The smallest absolute Gasteiger partial charge is 0.332 e. The second-order valence-corrected chi connectivity index (χ2v) is 3.96. The molecule has 0 unspecified atom stereocenters. The molecule has 0 aliphatic heterocycles. The molecule has 0 saturated heterocycles. The van der Waals surface area contributed by atoms with Crippen LogP contribution in [0.15, 0.2) is 15.9 Å². The molecule has 0 bridgehead atoms. The highest BCUT2D eigenvalue weighted by molar-refractivity contribution is 5.70. The molecule has 96 valence electrons. The lowest BCUT2D eigenvalue weighted by atomic mass is 10.4. The molecule has 0 amide bonds. The first-order valence-corrected chi connectivity index (χ1v) is 5.26. The standard InChI is InChI=1S/C10H12N4O4/c1-12-8-7(9(17)13(2)10(12)18)11-5-14(8)4-3-6(15)16/h5H,3-4H2,1-2H3,(H,15,16). The van der Waals surface area contributed by atoms with Gasteiger partial charge in [-0.3, -0.25) is 18.7 Å². The van der Waals surface area contributed by atoms with Gasteiger partial charge in [0.2, 0.25) is 0 Å². The maximum absolute atomic E-state index is 11.8. The summed E-state index contributed by atoms with van der Waals surface area (Å²) in [6.07, 6.45) is 1.27. The van der Waals surface area contributed by atoms with Crippen molar-refractivity contribution in [3.05, 3.63) is 27.2 Å². The monoisotopic (exact) mass is 252 g/mol. The average molecular weight is 252 g/mol. The normalized spacial score (nSPS) is 11.0. The Kier molecular flexibility index (Phi) is 2.77. The van der Waals surface area contributed by atoms with Crippen molar-refractivity contribution in [3.63, 3.8) is 0 Å². The first-order valence-electron chi connectivity index (χ1n) is 5.26. The molecule has 0 atom stereocenters. The van der Waals surface area contributed by atoms with E-state index in [4.69, 9.17) is 5.11 Å². The van der Waals surface area contributed by atoms with Gasteiger partial charge in [-0.05, 0) is 0 Å². The van der Waals surface area contributed by atoms with Gasteiger partial charge >= 0.3 is 11.7 Å². The van der Waals surface area contributed by atoms with Crippen LogP contribution < -0.4 is 11.2 Å². The first kappa shape index (κ1) is 12.1. The lowest BCUT2D eigenvalue weighted by Gasteiger charge is -2.07. The number of carbonyl (C=O) groups is 1. The number of carboxylic acid groups (broad SMARTS) is 1. The summed E-state index contributed by atoms with van der Waals surface area (Å²) in [7, 11) is 2.89. The van der Waals surface area contributed by atoms with Crippen LogP contribution in [0.1, 0.15) is 6.42 Å². The molecular formula is C10H12N4O4. The summed E-state index contributed by atoms with van der Waals surface area (Å²) in [4.78, 5) is 38.0. The largest absolute Gasteiger partial charge is 0.481 e. The van der Waals surface area contributed by atoms with Gasteiger partial charge < -0.3 is 9.67 Å². The number of hydrogen-bond acceptors (Lipinski definition) is 4. The Bertz CT molecular complexity index is 737. The molecule has 0 spiro atoms. The zero-order valence-corrected chi connectivity index (χ0v) is 9.95. The molecule has 0 aliphatic rings. The highest BCUT2D eigenvalue weighted by atomic mass is 16.4. The van der Waals surface area contributed by atoms with E-state index >= 15 is 0 Å². The third kappa shape index (κ3) is 1.71. The highest BCUT2D eigenvalue weighted by Crippen LogP contribution is 2.06. The fraction of sp³-hybridized carbons (Fsp3) is 0.400. The van der Waals surface area contributed by atoms with Gasteiger partial charge in [0.1, 0.15) is 5.65 Å². The van der Waals surface area contributed by atoms with Gasteiger partial charge in [0, 0.05) is 20.6 Å². The third-order valence-corrected chi connectivity index (χ3v) is 2.78. The molecule has 2 aromatic heterocycles. The molecule has 2 heterocycles. The molecule has 18 heavy (non-hydrogen) atoms. The molecule has 1 N–H and O–H groups in total. The van der Waals surface area contributed by atoms with E-state index in [1.165, 1.54) is 29.6 Å². The Labute approximate surface area is 101 Å². The second-order valence-electron chi connectivity index (χ2n) is 3.96. The van der Waals surface area contributed by atoms with Crippen molar-refractivity contribution in [2.45, 2.75) is 13.0 Å². The Balaban J connectivity index is 2.70. The zero-order valence-electron chi connectivity index (χ0n) is 9.95. The van der Waals surface area contributed by atoms with Crippen LogP contribution in [-0.4, -0.2) is 29.8 Å². The van der Waals surface area contributed by atoms with E-state index < -0.39 is 17.2 Å². The molecule has 8 heteroatoms. The maximum atomic E-state index is 11.8. The van der Waals surface area contributed by atoms with Crippen LogP contribution in [-0.2, 0) is 25.4 Å². The summed E-state index contributed by atoms with van der Waals surface area (Å²) in [6.45, 7) is 0.159. The molecule has 2 aromatic rings. The SMILES string of the molecule is Cn1c(=O)c2ncn(CCC(=O)O)c2n(C)c1=O. The Morgan fingerprint density at radius 2 is 2.00 bits per heavy atom. The number of imidazole rings is 1. The Hall–Kier alpha value is -2.38. The fourth-order valence-electron chi connectivity index (χ4n) is 1.82. The predicted molar refractivity (Wildman–Crippen MR) is 62.5 cm³/mol. The van der Waals surface area contributed by atoms with Crippen LogP contribution in [0.2, 0.25) is 0 Å². The lowest BCUT2D eigenvalue weighted by Crippen LogP contribution is -2.37. The van der Waals surface area contributed by atoms with Crippen molar-refractivity contribution in [2.75, 3.05) is 0 Å². The summed E-state index contributed by atoms with van der Waals surface area (Å²) in [6, 6.07) is 0. The van der Waals surface area contributed by atoms with Crippen LogP contribution in [0, 0.1) is 0 Å². The molecule has 8 nitrogen and oxygen atoms in total. The number of nitrogens with zero attached hydrogens (tertiary/aromatic N) is 4. The van der Waals surface area contributed by atoms with Gasteiger partial charge in [-0.25, -0.2) is 9.78 Å². The number of hydrogen-bond donors (Lipinski definition) is 1. The fourth-order valence-corrected chi connectivity index (χ4v) is 1.82.